The Bertz CT molecular complexity index is 1280. The van der Waals surface area contributed by atoms with E-state index in [1.54, 1.807) is 0 Å². The maximum atomic E-state index is 12.9. The first-order valence-electron chi connectivity index (χ1n) is 9.12. The maximum absolute atomic E-state index is 12.9. The Morgan fingerprint density at radius 3 is 2.54 bits per heavy atom. The molecule has 1 heterocycles. The zero-order valence-electron chi connectivity index (χ0n) is 15.0. The second-order valence-electron chi connectivity index (χ2n) is 6.66. The number of fused-ring (bicyclic) bond motifs is 2. The summed E-state index contributed by atoms with van der Waals surface area (Å²) >= 11 is 0. The van der Waals surface area contributed by atoms with Crippen LogP contribution in [0.15, 0.2) is 91.0 Å². The third-order valence-corrected chi connectivity index (χ3v) is 4.82. The molecule has 0 spiro atoms. The Labute approximate surface area is 161 Å². The van der Waals surface area contributed by atoms with Gasteiger partial charge in [0.25, 0.3) is 5.91 Å². The summed E-state index contributed by atoms with van der Waals surface area (Å²) < 4.78 is 0. The van der Waals surface area contributed by atoms with Gasteiger partial charge in [0.15, 0.2) is 0 Å². The molecule has 0 fully saturated rings. The Morgan fingerprint density at radius 2 is 1.61 bits per heavy atom. The summed E-state index contributed by atoms with van der Waals surface area (Å²) in [6.45, 7) is 0. The summed E-state index contributed by atoms with van der Waals surface area (Å²) in [6, 6.07) is 29.3. The number of hydrogen-bond donors (Lipinski definition) is 2. The van der Waals surface area contributed by atoms with Gasteiger partial charge in [0, 0.05) is 16.8 Å². The van der Waals surface area contributed by atoms with Crippen molar-refractivity contribution in [3.8, 4) is 11.4 Å². The molecule has 0 aliphatic heterocycles. The Morgan fingerprint density at radius 1 is 0.821 bits per heavy atom. The summed E-state index contributed by atoms with van der Waals surface area (Å²) in [5.74, 6) is 0.654. The zero-order chi connectivity index (χ0) is 18.9. The number of amides is 1. The molecule has 0 radical (unpaired) electrons. The third kappa shape index (κ3) is 2.91. The second kappa shape index (κ2) is 6.67. The van der Waals surface area contributed by atoms with Gasteiger partial charge in [-0.25, -0.2) is 4.98 Å². The molecule has 0 saturated carbocycles. The Hall–Kier alpha value is -3.92. The van der Waals surface area contributed by atoms with E-state index < -0.39 is 0 Å². The van der Waals surface area contributed by atoms with E-state index in [0.717, 1.165) is 38.9 Å². The molecule has 0 saturated heterocycles. The number of H-pyrrole nitrogens is 1. The fourth-order valence-electron chi connectivity index (χ4n) is 3.46. The SMILES string of the molecule is O=C(Nc1cccc(-c2nc3ccccc3[nH]2)c1)c1cccc2ccccc12. The lowest BCUT2D eigenvalue weighted by Crippen LogP contribution is -2.12. The van der Waals surface area contributed by atoms with E-state index in [-0.39, 0.29) is 5.91 Å². The van der Waals surface area contributed by atoms with Crippen LogP contribution < -0.4 is 5.32 Å². The number of aromatic amines is 1. The van der Waals surface area contributed by atoms with Crippen LogP contribution in [0.4, 0.5) is 5.69 Å². The average Bonchev–Trinajstić information content (AvgIpc) is 3.18. The number of hydrogen-bond acceptors (Lipinski definition) is 2. The lowest BCUT2D eigenvalue weighted by atomic mass is 10.0. The van der Waals surface area contributed by atoms with Crippen LogP contribution in [0.3, 0.4) is 0 Å². The van der Waals surface area contributed by atoms with Gasteiger partial charge < -0.3 is 10.3 Å². The summed E-state index contributed by atoms with van der Waals surface area (Å²) in [5, 5.41) is 5.00. The minimum Gasteiger partial charge on any atom is -0.338 e. The van der Waals surface area contributed by atoms with Crippen molar-refractivity contribution in [1.29, 1.82) is 0 Å². The molecule has 1 aromatic heterocycles. The third-order valence-electron chi connectivity index (χ3n) is 4.82. The zero-order valence-corrected chi connectivity index (χ0v) is 15.0. The monoisotopic (exact) mass is 363 g/mol. The molecule has 1 amide bonds. The largest absolute Gasteiger partial charge is 0.338 e. The van der Waals surface area contributed by atoms with E-state index in [1.807, 2.05) is 91.0 Å². The summed E-state index contributed by atoms with van der Waals surface area (Å²) in [6.07, 6.45) is 0. The van der Waals surface area contributed by atoms with Crippen LogP contribution in [0, 0.1) is 0 Å². The highest BCUT2D eigenvalue weighted by molar-refractivity contribution is 6.13. The number of anilines is 1. The number of carbonyl (C=O) groups is 1. The summed E-state index contributed by atoms with van der Waals surface area (Å²) in [4.78, 5) is 20.8. The summed E-state index contributed by atoms with van der Waals surface area (Å²) in [7, 11) is 0. The van der Waals surface area contributed by atoms with Gasteiger partial charge in [-0.15, -0.1) is 0 Å². The van der Waals surface area contributed by atoms with Crippen molar-refractivity contribution in [2.75, 3.05) is 5.32 Å². The van der Waals surface area contributed by atoms with E-state index in [0.29, 0.717) is 5.56 Å². The highest BCUT2D eigenvalue weighted by Crippen LogP contribution is 2.24. The number of nitrogens with zero attached hydrogens (tertiary/aromatic N) is 1. The van der Waals surface area contributed by atoms with Crippen molar-refractivity contribution >= 4 is 33.4 Å². The smallest absolute Gasteiger partial charge is 0.256 e. The van der Waals surface area contributed by atoms with Crippen LogP contribution >= 0.6 is 0 Å². The number of rotatable bonds is 3. The van der Waals surface area contributed by atoms with Crippen LogP contribution in [0.1, 0.15) is 10.4 Å². The van der Waals surface area contributed by atoms with Crippen LogP contribution in [0.2, 0.25) is 0 Å². The highest BCUT2D eigenvalue weighted by atomic mass is 16.1. The highest BCUT2D eigenvalue weighted by Gasteiger charge is 2.11. The Balaban J connectivity index is 1.47. The first-order chi connectivity index (χ1) is 13.8. The molecule has 134 valence electrons. The van der Waals surface area contributed by atoms with E-state index in [2.05, 4.69) is 15.3 Å². The minimum atomic E-state index is -0.126. The molecule has 0 unspecified atom stereocenters. The molecule has 0 atom stereocenters. The predicted octanol–water partition coefficient (Wildman–Crippen LogP) is 5.64. The van der Waals surface area contributed by atoms with Crippen LogP contribution in [0.5, 0.6) is 0 Å². The Kier molecular flexibility index (Phi) is 3.87. The molecule has 2 N–H and O–H groups in total. The van der Waals surface area contributed by atoms with Crippen molar-refractivity contribution in [2.24, 2.45) is 0 Å². The molecule has 28 heavy (non-hydrogen) atoms. The predicted molar refractivity (Wildman–Crippen MR) is 113 cm³/mol. The quantitative estimate of drug-likeness (QED) is 0.436. The molecule has 0 aliphatic rings. The van der Waals surface area contributed by atoms with Crippen molar-refractivity contribution in [3.63, 3.8) is 0 Å². The topological polar surface area (TPSA) is 57.8 Å². The molecular formula is C24H17N3O. The van der Waals surface area contributed by atoms with Crippen LogP contribution in [0.25, 0.3) is 33.2 Å². The lowest BCUT2D eigenvalue weighted by Gasteiger charge is -2.09. The molecule has 5 rings (SSSR count). The number of benzene rings is 4. The number of carbonyl (C=O) groups excluding carboxylic acids is 1. The average molecular weight is 363 g/mol. The van der Waals surface area contributed by atoms with Crippen LogP contribution in [-0.2, 0) is 0 Å². The first-order valence-corrected chi connectivity index (χ1v) is 9.12. The van der Waals surface area contributed by atoms with Crippen molar-refractivity contribution in [1.82, 2.24) is 9.97 Å². The number of para-hydroxylation sites is 2. The van der Waals surface area contributed by atoms with Gasteiger partial charge in [-0.2, -0.15) is 0 Å². The van der Waals surface area contributed by atoms with E-state index in [1.165, 1.54) is 0 Å². The van der Waals surface area contributed by atoms with E-state index in [4.69, 9.17) is 0 Å². The van der Waals surface area contributed by atoms with Crippen LogP contribution in [-0.4, -0.2) is 15.9 Å². The van der Waals surface area contributed by atoms with Gasteiger partial charge in [0.1, 0.15) is 5.82 Å². The number of nitrogens with one attached hydrogen (secondary N) is 2. The lowest BCUT2D eigenvalue weighted by molar-refractivity contribution is 0.102. The van der Waals surface area contributed by atoms with Crippen molar-refractivity contribution in [3.05, 3.63) is 96.6 Å². The number of imidazole rings is 1. The molecule has 5 aromatic rings. The molecule has 0 bridgehead atoms. The normalized spacial score (nSPS) is 11.0. The molecule has 4 aromatic carbocycles. The molecule has 0 aliphatic carbocycles. The van der Waals surface area contributed by atoms with E-state index in [9.17, 15) is 4.79 Å². The molecule has 4 nitrogen and oxygen atoms in total. The minimum absolute atomic E-state index is 0.126. The standard InChI is InChI=1S/C24H17N3O/c28-24(20-12-6-8-16-7-1-2-11-19(16)20)25-18-10-5-9-17(15-18)23-26-21-13-3-4-14-22(21)27-23/h1-15H,(H,25,28)(H,26,27). The molecule has 4 heteroatoms. The van der Waals surface area contributed by atoms with Crippen molar-refractivity contribution < 1.29 is 4.79 Å². The van der Waals surface area contributed by atoms with Gasteiger partial charge in [0.2, 0.25) is 0 Å². The molecular weight excluding hydrogens is 346 g/mol. The van der Waals surface area contributed by atoms with E-state index >= 15 is 0 Å². The first kappa shape index (κ1) is 16.3. The van der Waals surface area contributed by atoms with Crippen molar-refractivity contribution in [2.45, 2.75) is 0 Å². The summed E-state index contributed by atoms with van der Waals surface area (Å²) in [5.41, 5.74) is 4.22. The van der Waals surface area contributed by atoms with Gasteiger partial charge in [-0.3, -0.25) is 4.79 Å². The number of aromatic nitrogens is 2. The van der Waals surface area contributed by atoms with Gasteiger partial charge in [-0.1, -0.05) is 60.7 Å². The fraction of sp³-hybridized carbons (Fsp3) is 0. The van der Waals surface area contributed by atoms with Gasteiger partial charge in [0.05, 0.1) is 11.0 Å². The van der Waals surface area contributed by atoms with Gasteiger partial charge >= 0.3 is 0 Å². The fourth-order valence-corrected chi connectivity index (χ4v) is 3.46. The van der Waals surface area contributed by atoms with Gasteiger partial charge in [-0.05, 0) is 41.1 Å². The second-order valence-corrected chi connectivity index (χ2v) is 6.66. The maximum Gasteiger partial charge on any atom is 0.256 e.